The van der Waals surface area contributed by atoms with Gasteiger partial charge in [0.2, 0.25) is 5.91 Å². The predicted octanol–water partition coefficient (Wildman–Crippen LogP) is 1.41. The molecule has 0 N–H and O–H groups in total. The van der Waals surface area contributed by atoms with Gasteiger partial charge in [0, 0.05) is 33.1 Å². The van der Waals surface area contributed by atoms with Crippen molar-refractivity contribution in [2.24, 2.45) is 0 Å². The van der Waals surface area contributed by atoms with Crippen LogP contribution in [0.1, 0.15) is 25.8 Å². The molecule has 2 rings (SSSR count). The molecule has 0 saturated carbocycles. The van der Waals surface area contributed by atoms with Gasteiger partial charge in [0.1, 0.15) is 5.75 Å². The number of hydrogen-bond acceptors (Lipinski definition) is 4. The number of amides is 2. The minimum Gasteiger partial charge on any atom is -0.481 e. The van der Waals surface area contributed by atoms with E-state index in [-0.39, 0.29) is 11.8 Å². The zero-order valence-electron chi connectivity index (χ0n) is 13.5. The Morgan fingerprint density at radius 3 is 2.35 bits per heavy atom. The van der Waals surface area contributed by atoms with E-state index in [0.29, 0.717) is 37.5 Å². The van der Waals surface area contributed by atoms with E-state index >= 15 is 0 Å². The van der Waals surface area contributed by atoms with Gasteiger partial charge in [-0.3, -0.25) is 9.59 Å². The Balaban J connectivity index is 1.93. The summed E-state index contributed by atoms with van der Waals surface area (Å²) in [4.78, 5) is 27.4. The molecule has 1 saturated heterocycles. The van der Waals surface area contributed by atoms with Crippen molar-refractivity contribution in [1.29, 1.82) is 5.26 Å². The number of carbonyl (C=O) groups is 2. The molecule has 1 atom stereocenters. The molecule has 1 fully saturated rings. The number of hydrogen-bond donors (Lipinski definition) is 0. The molecular formula is C17H21N3O3. The fourth-order valence-electron chi connectivity index (χ4n) is 2.57. The highest BCUT2D eigenvalue weighted by Gasteiger charge is 2.25. The highest BCUT2D eigenvalue weighted by Crippen LogP contribution is 2.15. The van der Waals surface area contributed by atoms with Crippen LogP contribution in [0.15, 0.2) is 24.3 Å². The highest BCUT2D eigenvalue weighted by molar-refractivity contribution is 5.81. The number of rotatable bonds is 3. The Labute approximate surface area is 136 Å². The molecule has 1 aromatic carbocycles. The van der Waals surface area contributed by atoms with Crippen molar-refractivity contribution in [3.8, 4) is 11.8 Å². The number of benzene rings is 1. The summed E-state index contributed by atoms with van der Waals surface area (Å²) in [5.74, 6) is 0.519. The van der Waals surface area contributed by atoms with Crippen LogP contribution in [0.3, 0.4) is 0 Å². The first kappa shape index (κ1) is 16.8. The smallest absolute Gasteiger partial charge is 0.263 e. The third-order valence-electron chi connectivity index (χ3n) is 3.90. The van der Waals surface area contributed by atoms with Gasteiger partial charge in [0.05, 0.1) is 11.6 Å². The fraction of sp³-hybridized carbons (Fsp3) is 0.471. The molecule has 0 spiro atoms. The summed E-state index contributed by atoms with van der Waals surface area (Å²) in [7, 11) is 0. The Morgan fingerprint density at radius 2 is 1.74 bits per heavy atom. The van der Waals surface area contributed by atoms with Gasteiger partial charge in [-0.25, -0.2) is 0 Å². The van der Waals surface area contributed by atoms with Crippen molar-refractivity contribution in [3.63, 3.8) is 0 Å². The lowest BCUT2D eigenvalue weighted by Gasteiger charge is -2.25. The number of nitriles is 1. The number of carbonyl (C=O) groups excluding carboxylic acids is 2. The molecule has 1 heterocycles. The maximum Gasteiger partial charge on any atom is 0.263 e. The lowest BCUT2D eigenvalue weighted by Crippen LogP contribution is -2.42. The van der Waals surface area contributed by atoms with Gasteiger partial charge in [-0.1, -0.05) is 0 Å². The highest BCUT2D eigenvalue weighted by atomic mass is 16.5. The standard InChI is InChI=1S/C17H21N3O3/c1-13(23-16-6-4-15(12-18)5-7-16)17(22)20-9-3-8-19(10-11-20)14(2)21/h4-7,13H,3,8-11H2,1-2H3. The molecule has 1 unspecified atom stereocenters. The van der Waals surface area contributed by atoms with Crippen LogP contribution in [0.5, 0.6) is 5.75 Å². The van der Waals surface area contributed by atoms with Crippen LogP contribution in [0.4, 0.5) is 0 Å². The van der Waals surface area contributed by atoms with Gasteiger partial charge in [-0.15, -0.1) is 0 Å². The summed E-state index contributed by atoms with van der Waals surface area (Å²) >= 11 is 0. The lowest BCUT2D eigenvalue weighted by molar-refractivity contribution is -0.138. The summed E-state index contributed by atoms with van der Waals surface area (Å²) in [5.41, 5.74) is 0.549. The minimum absolute atomic E-state index is 0.0428. The third kappa shape index (κ3) is 4.46. The summed E-state index contributed by atoms with van der Waals surface area (Å²) in [5, 5.41) is 8.78. The van der Waals surface area contributed by atoms with Crippen molar-refractivity contribution in [2.75, 3.05) is 26.2 Å². The van der Waals surface area contributed by atoms with Crippen molar-refractivity contribution in [1.82, 2.24) is 9.80 Å². The van der Waals surface area contributed by atoms with E-state index in [2.05, 4.69) is 0 Å². The van der Waals surface area contributed by atoms with E-state index in [1.165, 1.54) is 0 Å². The monoisotopic (exact) mass is 315 g/mol. The third-order valence-corrected chi connectivity index (χ3v) is 3.90. The van der Waals surface area contributed by atoms with Crippen LogP contribution >= 0.6 is 0 Å². The summed E-state index contributed by atoms with van der Waals surface area (Å²) < 4.78 is 5.66. The SMILES string of the molecule is CC(=O)N1CCCN(C(=O)C(C)Oc2ccc(C#N)cc2)CC1. The van der Waals surface area contributed by atoms with E-state index < -0.39 is 6.10 Å². The van der Waals surface area contributed by atoms with E-state index in [1.807, 2.05) is 6.07 Å². The van der Waals surface area contributed by atoms with E-state index in [9.17, 15) is 9.59 Å². The Bertz CT molecular complexity index is 607. The zero-order valence-corrected chi connectivity index (χ0v) is 13.5. The van der Waals surface area contributed by atoms with Crippen LogP contribution in [0, 0.1) is 11.3 Å². The van der Waals surface area contributed by atoms with Gasteiger partial charge in [-0.2, -0.15) is 5.26 Å². The molecule has 1 aliphatic rings. The van der Waals surface area contributed by atoms with E-state index in [0.717, 1.165) is 6.42 Å². The Hall–Kier alpha value is -2.55. The number of ether oxygens (including phenoxy) is 1. The average Bonchev–Trinajstić information content (AvgIpc) is 2.81. The fourth-order valence-corrected chi connectivity index (χ4v) is 2.57. The molecule has 0 bridgehead atoms. The van der Waals surface area contributed by atoms with Crippen molar-refractivity contribution in [2.45, 2.75) is 26.4 Å². The average molecular weight is 315 g/mol. The van der Waals surface area contributed by atoms with Crippen LogP contribution < -0.4 is 4.74 Å². The molecule has 2 amide bonds. The Kier molecular flexibility index (Phi) is 5.58. The molecule has 1 aromatic rings. The molecule has 6 nitrogen and oxygen atoms in total. The normalized spacial score (nSPS) is 16.2. The van der Waals surface area contributed by atoms with Crippen LogP contribution in [0.2, 0.25) is 0 Å². The second kappa shape index (κ2) is 7.63. The largest absolute Gasteiger partial charge is 0.481 e. The quantitative estimate of drug-likeness (QED) is 0.845. The summed E-state index contributed by atoms with van der Waals surface area (Å²) in [6, 6.07) is 8.72. The minimum atomic E-state index is -0.605. The maximum absolute atomic E-state index is 12.5. The molecule has 23 heavy (non-hydrogen) atoms. The summed E-state index contributed by atoms with van der Waals surface area (Å²) in [6.07, 6.45) is 0.168. The van der Waals surface area contributed by atoms with Crippen molar-refractivity contribution < 1.29 is 14.3 Å². The molecule has 0 radical (unpaired) electrons. The molecular weight excluding hydrogens is 294 g/mol. The topological polar surface area (TPSA) is 73.6 Å². The molecule has 6 heteroatoms. The van der Waals surface area contributed by atoms with Crippen molar-refractivity contribution >= 4 is 11.8 Å². The number of nitrogens with zero attached hydrogens (tertiary/aromatic N) is 3. The second-order valence-corrected chi connectivity index (χ2v) is 5.58. The first-order chi connectivity index (χ1) is 11.0. The van der Waals surface area contributed by atoms with Gasteiger partial charge >= 0.3 is 0 Å². The van der Waals surface area contributed by atoms with Crippen LogP contribution in [-0.4, -0.2) is 53.9 Å². The van der Waals surface area contributed by atoms with Crippen LogP contribution in [0.25, 0.3) is 0 Å². The second-order valence-electron chi connectivity index (χ2n) is 5.58. The van der Waals surface area contributed by atoms with Crippen LogP contribution in [-0.2, 0) is 9.59 Å². The van der Waals surface area contributed by atoms with Gasteiger partial charge < -0.3 is 14.5 Å². The van der Waals surface area contributed by atoms with Gasteiger partial charge in [-0.05, 0) is 37.6 Å². The van der Waals surface area contributed by atoms with Crippen molar-refractivity contribution in [3.05, 3.63) is 29.8 Å². The molecule has 0 aromatic heterocycles. The van der Waals surface area contributed by atoms with Gasteiger partial charge in [0.25, 0.3) is 5.91 Å². The lowest BCUT2D eigenvalue weighted by atomic mass is 10.2. The van der Waals surface area contributed by atoms with E-state index in [4.69, 9.17) is 10.00 Å². The molecule has 1 aliphatic heterocycles. The predicted molar refractivity (Wildman–Crippen MR) is 84.7 cm³/mol. The first-order valence-corrected chi connectivity index (χ1v) is 7.72. The maximum atomic E-state index is 12.5. The first-order valence-electron chi connectivity index (χ1n) is 7.72. The molecule has 122 valence electrons. The zero-order chi connectivity index (χ0) is 16.8. The molecule has 0 aliphatic carbocycles. The summed E-state index contributed by atoms with van der Waals surface area (Å²) in [6.45, 7) is 5.67. The van der Waals surface area contributed by atoms with Gasteiger partial charge in [0.15, 0.2) is 6.10 Å². The van der Waals surface area contributed by atoms with E-state index in [1.54, 1.807) is 47.9 Å². The Morgan fingerprint density at radius 1 is 1.13 bits per heavy atom.